The smallest absolute Gasteiger partial charge is 0.156 e. The summed E-state index contributed by atoms with van der Waals surface area (Å²) in [4.78, 5) is 11.8. The summed E-state index contributed by atoms with van der Waals surface area (Å²) in [5.41, 5.74) is 1.86. The molecule has 0 spiro atoms. The lowest BCUT2D eigenvalue weighted by molar-refractivity contribution is -0.117. The minimum Gasteiger partial charge on any atom is -0.497 e. The fraction of sp³-hybridized carbons (Fsp3) is 0.188. The Labute approximate surface area is 113 Å². The highest BCUT2D eigenvalue weighted by molar-refractivity contribution is 5.85. The highest BCUT2D eigenvalue weighted by atomic mass is 16.5. The average Bonchev–Trinajstić information content (AvgIpc) is 2.46. The van der Waals surface area contributed by atoms with Gasteiger partial charge in [0.2, 0.25) is 0 Å². The Morgan fingerprint density at radius 2 is 1.68 bits per heavy atom. The van der Waals surface area contributed by atoms with E-state index in [0.29, 0.717) is 0 Å². The van der Waals surface area contributed by atoms with Crippen LogP contribution >= 0.6 is 0 Å². The molecule has 0 aliphatic carbocycles. The van der Waals surface area contributed by atoms with Crippen LogP contribution in [-0.2, 0) is 4.79 Å². The molecule has 0 aliphatic rings. The fourth-order valence-corrected chi connectivity index (χ4v) is 1.92. The number of ether oxygens (including phenoxy) is 1. The van der Waals surface area contributed by atoms with Crippen molar-refractivity contribution in [2.24, 2.45) is 0 Å². The lowest BCUT2D eigenvalue weighted by Gasteiger charge is -2.17. The van der Waals surface area contributed by atoms with Gasteiger partial charge in [-0.2, -0.15) is 0 Å². The molecule has 0 aliphatic heterocycles. The van der Waals surface area contributed by atoms with Crippen LogP contribution < -0.4 is 10.1 Å². The standard InChI is InChI=1S/C16H17NO2/c1-12(18)16(13-6-4-3-5-7-13)17-14-8-10-15(19-2)11-9-14/h3-11,16-17H,1-2H3. The summed E-state index contributed by atoms with van der Waals surface area (Å²) in [6.07, 6.45) is 0. The van der Waals surface area contributed by atoms with Gasteiger partial charge in [-0.05, 0) is 36.8 Å². The predicted molar refractivity (Wildman–Crippen MR) is 76.5 cm³/mol. The number of ketones is 1. The van der Waals surface area contributed by atoms with Gasteiger partial charge in [0, 0.05) is 5.69 Å². The van der Waals surface area contributed by atoms with E-state index in [1.807, 2.05) is 54.6 Å². The summed E-state index contributed by atoms with van der Waals surface area (Å²) >= 11 is 0. The summed E-state index contributed by atoms with van der Waals surface area (Å²) in [7, 11) is 1.63. The molecule has 0 radical (unpaired) electrons. The molecule has 1 unspecified atom stereocenters. The van der Waals surface area contributed by atoms with E-state index in [0.717, 1.165) is 17.0 Å². The fourth-order valence-electron chi connectivity index (χ4n) is 1.92. The van der Waals surface area contributed by atoms with Crippen LogP contribution in [0, 0.1) is 0 Å². The molecule has 0 heterocycles. The lowest BCUT2D eigenvalue weighted by Crippen LogP contribution is -2.18. The Morgan fingerprint density at radius 3 is 2.21 bits per heavy atom. The second-order valence-corrected chi connectivity index (χ2v) is 4.33. The number of anilines is 1. The van der Waals surface area contributed by atoms with Crippen molar-refractivity contribution in [3.63, 3.8) is 0 Å². The van der Waals surface area contributed by atoms with Crippen molar-refractivity contribution >= 4 is 11.5 Å². The predicted octanol–water partition coefficient (Wildman–Crippen LogP) is 3.44. The third kappa shape index (κ3) is 3.35. The molecule has 3 nitrogen and oxygen atoms in total. The van der Waals surface area contributed by atoms with E-state index in [4.69, 9.17) is 4.74 Å². The molecular formula is C16H17NO2. The average molecular weight is 255 g/mol. The van der Waals surface area contributed by atoms with E-state index in [9.17, 15) is 4.79 Å². The minimum absolute atomic E-state index is 0.0852. The normalized spacial score (nSPS) is 11.7. The third-order valence-corrected chi connectivity index (χ3v) is 2.94. The zero-order chi connectivity index (χ0) is 13.7. The van der Waals surface area contributed by atoms with Crippen molar-refractivity contribution in [3.8, 4) is 5.75 Å². The first-order chi connectivity index (χ1) is 9.20. The molecule has 19 heavy (non-hydrogen) atoms. The Bertz CT molecular complexity index is 534. The molecule has 0 saturated carbocycles. The molecule has 1 atom stereocenters. The summed E-state index contributed by atoms with van der Waals surface area (Å²) in [6, 6.07) is 16.9. The zero-order valence-electron chi connectivity index (χ0n) is 11.1. The van der Waals surface area contributed by atoms with E-state index >= 15 is 0 Å². The van der Waals surface area contributed by atoms with Crippen LogP contribution in [0.15, 0.2) is 54.6 Å². The monoisotopic (exact) mass is 255 g/mol. The highest BCUT2D eigenvalue weighted by Crippen LogP contribution is 2.22. The number of benzene rings is 2. The van der Waals surface area contributed by atoms with Crippen LogP contribution in [0.2, 0.25) is 0 Å². The quantitative estimate of drug-likeness (QED) is 0.889. The van der Waals surface area contributed by atoms with Crippen molar-refractivity contribution in [2.45, 2.75) is 13.0 Å². The second-order valence-electron chi connectivity index (χ2n) is 4.33. The molecule has 2 aromatic carbocycles. The number of carbonyl (C=O) groups excluding carboxylic acids is 1. The van der Waals surface area contributed by atoms with Crippen molar-refractivity contribution in [2.75, 3.05) is 12.4 Å². The maximum atomic E-state index is 11.8. The summed E-state index contributed by atoms with van der Waals surface area (Å²) in [6.45, 7) is 1.59. The van der Waals surface area contributed by atoms with Crippen molar-refractivity contribution < 1.29 is 9.53 Å². The topological polar surface area (TPSA) is 38.3 Å². The molecule has 0 saturated heterocycles. The van der Waals surface area contributed by atoms with Gasteiger partial charge in [-0.15, -0.1) is 0 Å². The largest absolute Gasteiger partial charge is 0.497 e. The Hall–Kier alpha value is -2.29. The Balaban J connectivity index is 2.19. The van der Waals surface area contributed by atoms with Crippen LogP contribution in [0.25, 0.3) is 0 Å². The lowest BCUT2D eigenvalue weighted by atomic mass is 10.0. The molecule has 1 N–H and O–H groups in total. The van der Waals surface area contributed by atoms with E-state index in [-0.39, 0.29) is 11.8 Å². The molecule has 0 bridgehead atoms. The number of hydrogen-bond donors (Lipinski definition) is 1. The number of nitrogens with one attached hydrogen (secondary N) is 1. The van der Waals surface area contributed by atoms with Crippen LogP contribution in [-0.4, -0.2) is 12.9 Å². The van der Waals surface area contributed by atoms with Gasteiger partial charge in [0.25, 0.3) is 0 Å². The Kier molecular flexibility index (Phi) is 4.18. The molecule has 0 amide bonds. The van der Waals surface area contributed by atoms with E-state index < -0.39 is 0 Å². The number of carbonyl (C=O) groups is 1. The van der Waals surface area contributed by atoms with Gasteiger partial charge in [-0.1, -0.05) is 30.3 Å². The number of Topliss-reactive ketones (excluding diaryl/α,β-unsaturated/α-hetero) is 1. The van der Waals surface area contributed by atoms with Crippen LogP contribution in [0.5, 0.6) is 5.75 Å². The minimum atomic E-state index is -0.324. The van der Waals surface area contributed by atoms with Gasteiger partial charge in [0.05, 0.1) is 7.11 Å². The zero-order valence-corrected chi connectivity index (χ0v) is 11.1. The van der Waals surface area contributed by atoms with Gasteiger partial charge >= 0.3 is 0 Å². The van der Waals surface area contributed by atoms with E-state index in [1.165, 1.54) is 0 Å². The molecule has 2 aromatic rings. The number of methoxy groups -OCH3 is 1. The number of rotatable bonds is 5. The highest BCUT2D eigenvalue weighted by Gasteiger charge is 2.15. The van der Waals surface area contributed by atoms with Gasteiger partial charge < -0.3 is 10.1 Å². The van der Waals surface area contributed by atoms with Gasteiger partial charge in [0.1, 0.15) is 11.8 Å². The van der Waals surface area contributed by atoms with Crippen molar-refractivity contribution in [1.82, 2.24) is 0 Å². The van der Waals surface area contributed by atoms with Crippen LogP contribution in [0.4, 0.5) is 5.69 Å². The SMILES string of the molecule is COc1ccc(NC(C(C)=O)c2ccccc2)cc1. The molecule has 3 heteroatoms. The van der Waals surface area contributed by atoms with Gasteiger partial charge in [0.15, 0.2) is 5.78 Å². The third-order valence-electron chi connectivity index (χ3n) is 2.94. The maximum absolute atomic E-state index is 11.8. The van der Waals surface area contributed by atoms with E-state index in [2.05, 4.69) is 5.32 Å². The molecule has 2 rings (SSSR count). The first kappa shape index (κ1) is 13.1. The van der Waals surface area contributed by atoms with Gasteiger partial charge in [-0.3, -0.25) is 4.79 Å². The Morgan fingerprint density at radius 1 is 1.05 bits per heavy atom. The van der Waals surface area contributed by atoms with Crippen LogP contribution in [0.1, 0.15) is 18.5 Å². The summed E-state index contributed by atoms with van der Waals surface area (Å²) in [5.74, 6) is 0.881. The summed E-state index contributed by atoms with van der Waals surface area (Å²) in [5, 5.41) is 3.24. The van der Waals surface area contributed by atoms with Crippen LogP contribution in [0.3, 0.4) is 0 Å². The van der Waals surface area contributed by atoms with E-state index in [1.54, 1.807) is 14.0 Å². The first-order valence-electron chi connectivity index (χ1n) is 6.16. The summed E-state index contributed by atoms with van der Waals surface area (Å²) < 4.78 is 5.11. The molecule has 98 valence electrons. The molecular weight excluding hydrogens is 238 g/mol. The number of hydrogen-bond acceptors (Lipinski definition) is 3. The molecule has 0 fully saturated rings. The first-order valence-corrected chi connectivity index (χ1v) is 6.16. The molecule has 0 aromatic heterocycles. The van der Waals surface area contributed by atoms with Gasteiger partial charge in [-0.25, -0.2) is 0 Å². The van der Waals surface area contributed by atoms with Crippen molar-refractivity contribution in [3.05, 3.63) is 60.2 Å². The van der Waals surface area contributed by atoms with Crippen molar-refractivity contribution in [1.29, 1.82) is 0 Å². The maximum Gasteiger partial charge on any atom is 0.156 e. The second kappa shape index (κ2) is 6.05.